The first-order valence-electron chi connectivity index (χ1n) is 6.90. The van der Waals surface area contributed by atoms with Crippen molar-refractivity contribution in [3.05, 3.63) is 54.4 Å². The van der Waals surface area contributed by atoms with Crippen molar-refractivity contribution in [3.8, 4) is 11.4 Å². The summed E-state index contributed by atoms with van der Waals surface area (Å²) < 4.78 is 7.16. The van der Waals surface area contributed by atoms with Crippen LogP contribution in [0, 0.1) is 0 Å². The van der Waals surface area contributed by atoms with E-state index < -0.39 is 0 Å². The quantitative estimate of drug-likeness (QED) is 0.652. The topological polar surface area (TPSA) is 65.7 Å². The summed E-state index contributed by atoms with van der Waals surface area (Å²) in [5.41, 5.74) is 2.04. The Morgan fingerprint density at radius 1 is 1.18 bits per heavy atom. The average molecular weight is 313 g/mol. The fraction of sp³-hybridized carbons (Fsp3) is 0.200. The molecule has 112 valence electrons. The van der Waals surface area contributed by atoms with E-state index in [0.29, 0.717) is 6.61 Å². The molecule has 0 aliphatic rings. The van der Waals surface area contributed by atoms with Crippen LogP contribution < -0.4 is 4.74 Å². The fourth-order valence-corrected chi connectivity index (χ4v) is 2.74. The molecule has 0 aliphatic heterocycles. The molecule has 0 bridgehead atoms. The van der Waals surface area contributed by atoms with Crippen molar-refractivity contribution in [2.75, 3.05) is 6.61 Å². The first kappa shape index (κ1) is 14.5. The zero-order chi connectivity index (χ0) is 15.2. The van der Waals surface area contributed by atoms with Gasteiger partial charge in [-0.1, -0.05) is 17.8 Å². The number of hydrogen-bond donors (Lipinski definition) is 0. The molecule has 0 spiro atoms. The molecule has 0 saturated carbocycles. The number of aromatic nitrogens is 5. The predicted octanol–water partition coefficient (Wildman–Crippen LogP) is 2.75. The van der Waals surface area contributed by atoms with E-state index >= 15 is 0 Å². The Hall–Kier alpha value is -2.41. The van der Waals surface area contributed by atoms with Gasteiger partial charge in [0.25, 0.3) is 0 Å². The molecule has 0 amide bonds. The predicted molar refractivity (Wildman–Crippen MR) is 84.1 cm³/mol. The monoisotopic (exact) mass is 313 g/mol. The van der Waals surface area contributed by atoms with Gasteiger partial charge in [0, 0.05) is 18.1 Å². The number of hydrogen-bond acceptors (Lipinski definition) is 6. The van der Waals surface area contributed by atoms with Crippen molar-refractivity contribution in [1.82, 2.24) is 25.2 Å². The van der Waals surface area contributed by atoms with Crippen molar-refractivity contribution in [2.24, 2.45) is 0 Å². The lowest BCUT2D eigenvalue weighted by molar-refractivity contribution is 0.340. The maximum Gasteiger partial charge on any atom is 0.214 e. The molecule has 2 heterocycles. The number of nitrogens with zero attached hydrogens (tertiary/aromatic N) is 5. The smallest absolute Gasteiger partial charge is 0.214 e. The van der Waals surface area contributed by atoms with Crippen molar-refractivity contribution in [1.29, 1.82) is 0 Å². The summed E-state index contributed by atoms with van der Waals surface area (Å²) in [6, 6.07) is 11.7. The summed E-state index contributed by atoms with van der Waals surface area (Å²) >= 11 is 1.57. The molecule has 3 aromatic rings. The van der Waals surface area contributed by atoms with Crippen LogP contribution in [0.2, 0.25) is 0 Å². The van der Waals surface area contributed by atoms with Gasteiger partial charge in [0.2, 0.25) is 5.16 Å². The molecule has 22 heavy (non-hydrogen) atoms. The standard InChI is InChI=1S/C15H15N5OS/c1-2-21-14-7-5-13(6-8-14)20-15(17-18-19-20)22-11-12-4-3-9-16-10-12/h3-10H,2,11H2,1H3. The van der Waals surface area contributed by atoms with Crippen LogP contribution in [0.5, 0.6) is 5.75 Å². The van der Waals surface area contributed by atoms with Gasteiger partial charge >= 0.3 is 0 Å². The molecule has 0 aliphatic carbocycles. The average Bonchev–Trinajstić information content (AvgIpc) is 3.03. The van der Waals surface area contributed by atoms with E-state index in [1.54, 1.807) is 22.6 Å². The van der Waals surface area contributed by atoms with Crippen LogP contribution in [0.25, 0.3) is 5.69 Å². The van der Waals surface area contributed by atoms with Crippen molar-refractivity contribution in [3.63, 3.8) is 0 Å². The van der Waals surface area contributed by atoms with Crippen LogP contribution in [-0.4, -0.2) is 31.8 Å². The summed E-state index contributed by atoms with van der Waals surface area (Å²) in [7, 11) is 0. The Balaban J connectivity index is 1.74. The SMILES string of the molecule is CCOc1ccc(-n2nnnc2SCc2cccnc2)cc1. The normalized spacial score (nSPS) is 10.6. The largest absolute Gasteiger partial charge is 0.494 e. The minimum atomic E-state index is 0.649. The van der Waals surface area contributed by atoms with Gasteiger partial charge in [0.15, 0.2) is 0 Å². The molecule has 3 rings (SSSR count). The summed E-state index contributed by atoms with van der Waals surface area (Å²) in [6.45, 7) is 2.61. The molecular formula is C15H15N5OS. The molecule has 0 N–H and O–H groups in total. The van der Waals surface area contributed by atoms with Crippen LogP contribution >= 0.6 is 11.8 Å². The van der Waals surface area contributed by atoms with E-state index in [1.807, 2.05) is 49.5 Å². The van der Waals surface area contributed by atoms with E-state index in [0.717, 1.165) is 27.9 Å². The van der Waals surface area contributed by atoms with Crippen molar-refractivity contribution < 1.29 is 4.74 Å². The highest BCUT2D eigenvalue weighted by molar-refractivity contribution is 7.98. The molecule has 0 radical (unpaired) electrons. The first-order valence-corrected chi connectivity index (χ1v) is 7.88. The van der Waals surface area contributed by atoms with Gasteiger partial charge in [-0.2, -0.15) is 4.68 Å². The first-order chi connectivity index (χ1) is 10.9. The highest BCUT2D eigenvalue weighted by atomic mass is 32.2. The lowest BCUT2D eigenvalue weighted by Crippen LogP contribution is -1.99. The van der Waals surface area contributed by atoms with Gasteiger partial charge in [0.1, 0.15) is 5.75 Å². The maximum absolute atomic E-state index is 5.44. The number of pyridine rings is 1. The van der Waals surface area contributed by atoms with Crippen LogP contribution in [0.4, 0.5) is 0 Å². The van der Waals surface area contributed by atoms with Gasteiger partial charge in [-0.15, -0.1) is 5.10 Å². The minimum Gasteiger partial charge on any atom is -0.494 e. The third-order valence-corrected chi connectivity index (χ3v) is 3.91. The summed E-state index contributed by atoms with van der Waals surface area (Å²) in [6.07, 6.45) is 3.61. The van der Waals surface area contributed by atoms with Gasteiger partial charge < -0.3 is 4.74 Å². The Kier molecular flexibility index (Phi) is 4.65. The third kappa shape index (κ3) is 3.43. The second-order valence-corrected chi connectivity index (χ2v) is 5.39. The summed E-state index contributed by atoms with van der Waals surface area (Å²) in [5.74, 6) is 1.61. The molecule has 0 atom stereocenters. The lowest BCUT2D eigenvalue weighted by Gasteiger charge is -2.06. The van der Waals surface area contributed by atoms with E-state index in [9.17, 15) is 0 Å². The van der Waals surface area contributed by atoms with Gasteiger partial charge in [-0.25, -0.2) is 0 Å². The van der Waals surface area contributed by atoms with Crippen LogP contribution in [-0.2, 0) is 5.75 Å². The number of thioether (sulfide) groups is 1. The minimum absolute atomic E-state index is 0.649. The number of ether oxygens (including phenoxy) is 1. The molecular weight excluding hydrogens is 298 g/mol. The molecule has 0 saturated heterocycles. The van der Waals surface area contributed by atoms with Crippen LogP contribution in [0.3, 0.4) is 0 Å². The van der Waals surface area contributed by atoms with Crippen molar-refractivity contribution in [2.45, 2.75) is 17.8 Å². The Bertz CT molecular complexity index is 714. The number of rotatable bonds is 6. The molecule has 0 fully saturated rings. The zero-order valence-corrected chi connectivity index (χ0v) is 12.9. The maximum atomic E-state index is 5.44. The summed E-state index contributed by atoms with van der Waals surface area (Å²) in [4.78, 5) is 4.11. The van der Waals surface area contributed by atoms with Gasteiger partial charge in [-0.3, -0.25) is 4.98 Å². The Morgan fingerprint density at radius 3 is 2.77 bits per heavy atom. The third-order valence-electron chi connectivity index (χ3n) is 2.92. The number of tetrazole rings is 1. The van der Waals surface area contributed by atoms with Crippen molar-refractivity contribution >= 4 is 11.8 Å². The Labute approximate surface area is 132 Å². The second-order valence-electron chi connectivity index (χ2n) is 4.45. The molecule has 7 heteroatoms. The van der Waals surface area contributed by atoms with E-state index in [4.69, 9.17) is 4.74 Å². The van der Waals surface area contributed by atoms with E-state index in [2.05, 4.69) is 20.5 Å². The molecule has 6 nitrogen and oxygen atoms in total. The van der Waals surface area contributed by atoms with E-state index in [1.165, 1.54) is 0 Å². The fourth-order valence-electron chi connectivity index (χ4n) is 1.91. The highest BCUT2D eigenvalue weighted by Gasteiger charge is 2.09. The molecule has 1 aromatic carbocycles. The Morgan fingerprint density at radius 2 is 2.05 bits per heavy atom. The highest BCUT2D eigenvalue weighted by Crippen LogP contribution is 2.23. The number of benzene rings is 1. The summed E-state index contributed by atoms with van der Waals surface area (Å²) in [5, 5.41) is 12.6. The lowest BCUT2D eigenvalue weighted by atomic mass is 10.3. The van der Waals surface area contributed by atoms with E-state index in [-0.39, 0.29) is 0 Å². The molecule has 2 aromatic heterocycles. The molecule has 0 unspecified atom stereocenters. The van der Waals surface area contributed by atoms with Crippen LogP contribution in [0.15, 0.2) is 53.9 Å². The zero-order valence-electron chi connectivity index (χ0n) is 12.1. The van der Waals surface area contributed by atoms with Crippen LogP contribution in [0.1, 0.15) is 12.5 Å². The van der Waals surface area contributed by atoms with Gasteiger partial charge in [-0.05, 0) is 53.2 Å². The second kappa shape index (κ2) is 7.04. The van der Waals surface area contributed by atoms with Gasteiger partial charge in [0.05, 0.1) is 12.3 Å².